The van der Waals surface area contributed by atoms with Crippen LogP contribution in [0, 0.1) is 0 Å². The van der Waals surface area contributed by atoms with Crippen LogP contribution in [0.15, 0.2) is 0 Å². The molecule has 0 aliphatic rings. The van der Waals surface area contributed by atoms with E-state index in [1.165, 1.54) is 0 Å². The zero-order chi connectivity index (χ0) is 22.7. The van der Waals surface area contributed by atoms with Gasteiger partial charge in [-0.05, 0) is 6.92 Å². The van der Waals surface area contributed by atoms with Crippen molar-refractivity contribution in [2.45, 2.75) is 13.2 Å². The molecule has 188 valence electrons. The standard InChI is InChI=1S/C20H42O11/c1-2-23-5-6-25-9-10-26-11-12-27-13-14-28-15-16-30-19-20(22)31-18-17-29-8-7-24-4-3-21/h20-22H,2-19H2,1H3. The van der Waals surface area contributed by atoms with Crippen molar-refractivity contribution >= 4 is 0 Å². The van der Waals surface area contributed by atoms with Crippen LogP contribution in [0.25, 0.3) is 0 Å². The van der Waals surface area contributed by atoms with Gasteiger partial charge < -0.3 is 52.8 Å². The molecule has 0 spiro atoms. The Morgan fingerprint density at radius 3 is 1.26 bits per heavy atom. The summed E-state index contributed by atoms with van der Waals surface area (Å²) in [5.74, 6) is 0. The Labute approximate surface area is 185 Å². The highest BCUT2D eigenvalue weighted by Crippen LogP contribution is 1.91. The minimum Gasteiger partial charge on any atom is -0.394 e. The molecule has 1 atom stereocenters. The van der Waals surface area contributed by atoms with Crippen molar-refractivity contribution < 1.29 is 52.8 Å². The minimum atomic E-state index is -1.01. The van der Waals surface area contributed by atoms with Crippen LogP contribution in [0.1, 0.15) is 6.92 Å². The molecule has 31 heavy (non-hydrogen) atoms. The lowest BCUT2D eigenvalue weighted by Crippen LogP contribution is -2.23. The predicted molar refractivity (Wildman–Crippen MR) is 111 cm³/mol. The molecule has 0 rings (SSSR count). The van der Waals surface area contributed by atoms with Crippen LogP contribution in [0.5, 0.6) is 0 Å². The molecule has 0 radical (unpaired) electrons. The third kappa shape index (κ3) is 27.5. The van der Waals surface area contributed by atoms with Crippen molar-refractivity contribution in [3.8, 4) is 0 Å². The van der Waals surface area contributed by atoms with Gasteiger partial charge >= 0.3 is 0 Å². The number of aliphatic hydroxyl groups is 2. The van der Waals surface area contributed by atoms with Crippen molar-refractivity contribution in [1.29, 1.82) is 0 Å². The average molecular weight is 459 g/mol. The Bertz CT molecular complexity index is 324. The first-order chi connectivity index (χ1) is 15.3. The molecule has 0 fully saturated rings. The highest BCUT2D eigenvalue weighted by Gasteiger charge is 2.04. The smallest absolute Gasteiger partial charge is 0.178 e. The summed E-state index contributed by atoms with van der Waals surface area (Å²) in [5.41, 5.74) is 0. The first kappa shape index (κ1) is 30.6. The fourth-order valence-electron chi connectivity index (χ4n) is 2.00. The molecule has 1 unspecified atom stereocenters. The number of hydrogen-bond donors (Lipinski definition) is 2. The molecule has 0 aromatic carbocycles. The topological polar surface area (TPSA) is 124 Å². The van der Waals surface area contributed by atoms with Gasteiger partial charge in [0.05, 0.1) is 112 Å². The second kappa shape index (κ2) is 27.6. The monoisotopic (exact) mass is 458 g/mol. The Morgan fingerprint density at radius 1 is 0.484 bits per heavy atom. The molecule has 0 aromatic rings. The van der Waals surface area contributed by atoms with Crippen molar-refractivity contribution in [2.75, 3.05) is 119 Å². The van der Waals surface area contributed by atoms with Crippen LogP contribution in [-0.4, -0.2) is 135 Å². The molecule has 0 bridgehead atoms. The summed E-state index contributed by atoms with van der Waals surface area (Å²) in [4.78, 5) is 0. The zero-order valence-corrected chi connectivity index (χ0v) is 18.9. The van der Waals surface area contributed by atoms with Crippen molar-refractivity contribution in [1.82, 2.24) is 0 Å². The van der Waals surface area contributed by atoms with Crippen molar-refractivity contribution in [3.63, 3.8) is 0 Å². The second-order valence-corrected chi connectivity index (χ2v) is 6.00. The fraction of sp³-hybridized carbons (Fsp3) is 1.00. The van der Waals surface area contributed by atoms with E-state index in [2.05, 4.69) is 0 Å². The van der Waals surface area contributed by atoms with Crippen LogP contribution < -0.4 is 0 Å². The Balaban J connectivity index is 3.11. The lowest BCUT2D eigenvalue weighted by molar-refractivity contribution is -0.149. The van der Waals surface area contributed by atoms with Crippen molar-refractivity contribution in [3.05, 3.63) is 0 Å². The molecule has 0 amide bonds. The van der Waals surface area contributed by atoms with E-state index in [9.17, 15) is 5.11 Å². The van der Waals surface area contributed by atoms with E-state index in [4.69, 9.17) is 47.7 Å². The normalized spacial score (nSPS) is 12.5. The average Bonchev–Trinajstić information content (AvgIpc) is 2.77. The lowest BCUT2D eigenvalue weighted by atomic mass is 10.6. The van der Waals surface area contributed by atoms with Gasteiger partial charge in [0.15, 0.2) is 6.29 Å². The first-order valence-corrected chi connectivity index (χ1v) is 10.8. The third-order valence-corrected chi connectivity index (χ3v) is 3.47. The molecule has 2 N–H and O–H groups in total. The largest absolute Gasteiger partial charge is 0.394 e. The molecular formula is C20H42O11. The van der Waals surface area contributed by atoms with E-state index < -0.39 is 6.29 Å². The van der Waals surface area contributed by atoms with Gasteiger partial charge in [-0.3, -0.25) is 0 Å². The lowest BCUT2D eigenvalue weighted by Gasteiger charge is -2.13. The number of aliphatic hydroxyl groups excluding tert-OH is 2. The van der Waals surface area contributed by atoms with E-state index in [1.54, 1.807) is 0 Å². The Hall–Kier alpha value is -0.440. The minimum absolute atomic E-state index is 0.00329. The summed E-state index contributed by atoms with van der Waals surface area (Å²) < 4.78 is 47.3. The van der Waals surface area contributed by atoms with E-state index >= 15 is 0 Å². The fourth-order valence-corrected chi connectivity index (χ4v) is 2.00. The molecular weight excluding hydrogens is 416 g/mol. The number of ether oxygens (including phenoxy) is 9. The summed E-state index contributed by atoms with van der Waals surface area (Å²) in [6.07, 6.45) is -1.01. The molecule has 0 aromatic heterocycles. The predicted octanol–water partition coefficient (Wildman–Crippen LogP) is -0.534. The third-order valence-electron chi connectivity index (χ3n) is 3.47. The molecule has 0 saturated carbocycles. The first-order valence-electron chi connectivity index (χ1n) is 10.8. The molecule has 0 saturated heterocycles. The summed E-state index contributed by atoms with van der Waals surface area (Å²) in [5, 5.41) is 18.1. The summed E-state index contributed by atoms with van der Waals surface area (Å²) >= 11 is 0. The van der Waals surface area contributed by atoms with Crippen LogP contribution in [0.3, 0.4) is 0 Å². The van der Waals surface area contributed by atoms with Gasteiger partial charge in [0, 0.05) is 6.61 Å². The molecule has 11 nitrogen and oxygen atoms in total. The SMILES string of the molecule is CCOCCOCCOCCOCCOCCOCC(O)OCCOCCOCCO. The van der Waals surface area contributed by atoms with Gasteiger partial charge in [0.1, 0.15) is 0 Å². The van der Waals surface area contributed by atoms with Gasteiger partial charge in [-0.25, -0.2) is 0 Å². The van der Waals surface area contributed by atoms with Gasteiger partial charge in [-0.2, -0.15) is 0 Å². The summed E-state index contributed by atoms with van der Waals surface area (Å²) in [6, 6.07) is 0. The second-order valence-electron chi connectivity index (χ2n) is 6.00. The molecule has 0 aliphatic heterocycles. The Morgan fingerprint density at radius 2 is 0.839 bits per heavy atom. The highest BCUT2D eigenvalue weighted by molar-refractivity contribution is 4.41. The molecule has 11 heteroatoms. The van der Waals surface area contributed by atoms with Crippen LogP contribution in [0.4, 0.5) is 0 Å². The maximum atomic E-state index is 9.61. The zero-order valence-electron chi connectivity index (χ0n) is 18.9. The van der Waals surface area contributed by atoms with Crippen LogP contribution in [0.2, 0.25) is 0 Å². The maximum absolute atomic E-state index is 9.61. The quantitative estimate of drug-likeness (QED) is 0.122. The van der Waals surface area contributed by atoms with Gasteiger partial charge in [0.2, 0.25) is 0 Å². The van der Waals surface area contributed by atoms with Gasteiger partial charge in [0.25, 0.3) is 0 Å². The van der Waals surface area contributed by atoms with Crippen molar-refractivity contribution in [2.24, 2.45) is 0 Å². The van der Waals surface area contributed by atoms with E-state index in [0.29, 0.717) is 99.1 Å². The van der Waals surface area contributed by atoms with Gasteiger partial charge in [-0.1, -0.05) is 0 Å². The number of hydrogen-bond acceptors (Lipinski definition) is 11. The number of rotatable bonds is 27. The van der Waals surface area contributed by atoms with E-state index in [-0.39, 0.29) is 19.8 Å². The van der Waals surface area contributed by atoms with Crippen LogP contribution >= 0.6 is 0 Å². The summed E-state index contributed by atoms with van der Waals surface area (Å²) in [7, 11) is 0. The van der Waals surface area contributed by atoms with E-state index in [1.807, 2.05) is 6.92 Å². The van der Waals surface area contributed by atoms with E-state index in [0.717, 1.165) is 0 Å². The Kier molecular flexibility index (Phi) is 27.2. The van der Waals surface area contributed by atoms with Crippen LogP contribution in [-0.2, 0) is 42.6 Å². The molecule has 0 heterocycles. The highest BCUT2D eigenvalue weighted by atomic mass is 16.6. The van der Waals surface area contributed by atoms with Gasteiger partial charge in [-0.15, -0.1) is 0 Å². The summed E-state index contributed by atoms with van der Waals surface area (Å²) in [6.45, 7) is 9.41. The maximum Gasteiger partial charge on any atom is 0.178 e. The molecule has 0 aliphatic carbocycles.